The van der Waals surface area contributed by atoms with Gasteiger partial charge in [0.1, 0.15) is 0 Å². The summed E-state index contributed by atoms with van der Waals surface area (Å²) < 4.78 is 6.35. The van der Waals surface area contributed by atoms with E-state index < -0.39 is 0 Å². The lowest BCUT2D eigenvalue weighted by Crippen LogP contribution is -2.14. The van der Waals surface area contributed by atoms with Crippen LogP contribution in [0.25, 0.3) is 0 Å². The summed E-state index contributed by atoms with van der Waals surface area (Å²) in [5.41, 5.74) is 3.22. The van der Waals surface area contributed by atoms with Crippen LogP contribution in [0.5, 0.6) is 6.01 Å². The molecular weight excluding hydrogens is 407 g/mol. The van der Waals surface area contributed by atoms with E-state index in [2.05, 4.69) is 48.3 Å². The molecule has 21 heavy (non-hydrogen) atoms. The third kappa shape index (κ3) is 4.55. The molecule has 0 amide bonds. The molecule has 0 saturated heterocycles. The van der Waals surface area contributed by atoms with E-state index in [4.69, 9.17) is 22.2 Å². The number of nitrogens with two attached hydrogens (primary N) is 1. The molecule has 1 heterocycles. The molecule has 9 heteroatoms. The number of hydrogen-bond donors (Lipinski definition) is 3. The van der Waals surface area contributed by atoms with Crippen molar-refractivity contribution in [2.24, 2.45) is 5.84 Å². The molecule has 0 radical (unpaired) electrons. The number of aromatic nitrogens is 3. The van der Waals surface area contributed by atoms with E-state index in [0.29, 0.717) is 17.6 Å². The molecule has 0 fully saturated rings. The fourth-order valence-electron chi connectivity index (χ4n) is 1.45. The van der Waals surface area contributed by atoms with Crippen molar-refractivity contribution >= 4 is 51.8 Å². The first-order chi connectivity index (χ1) is 10.1. The van der Waals surface area contributed by atoms with E-state index in [0.717, 1.165) is 15.7 Å². The minimum Gasteiger partial charge on any atom is -0.463 e. The van der Waals surface area contributed by atoms with Crippen LogP contribution < -0.4 is 21.3 Å². The van der Waals surface area contributed by atoms with Gasteiger partial charge in [0, 0.05) is 8.59 Å². The number of anilines is 3. The van der Waals surface area contributed by atoms with Crippen molar-refractivity contribution in [3.8, 4) is 6.01 Å². The number of nitrogens with zero attached hydrogens (tertiary/aromatic N) is 3. The smallest absolute Gasteiger partial charge is 0.323 e. The molecule has 2 rings (SSSR count). The van der Waals surface area contributed by atoms with Crippen LogP contribution >= 0.6 is 34.2 Å². The van der Waals surface area contributed by atoms with E-state index in [-0.39, 0.29) is 12.0 Å². The molecule has 0 aliphatic rings. The average Bonchev–Trinajstić information content (AvgIpc) is 2.48. The average molecular weight is 421 g/mol. The lowest BCUT2D eigenvalue weighted by molar-refractivity contribution is 0.292. The van der Waals surface area contributed by atoms with Gasteiger partial charge in [-0.1, -0.05) is 18.5 Å². The third-order valence-electron chi connectivity index (χ3n) is 2.36. The van der Waals surface area contributed by atoms with Gasteiger partial charge in [-0.3, -0.25) is 5.43 Å². The Morgan fingerprint density at radius 2 is 2.05 bits per heavy atom. The van der Waals surface area contributed by atoms with E-state index >= 15 is 0 Å². The summed E-state index contributed by atoms with van der Waals surface area (Å²) >= 11 is 8.10. The number of rotatable bonds is 6. The molecule has 0 aliphatic heterocycles. The number of ether oxygens (including phenoxy) is 1. The zero-order chi connectivity index (χ0) is 15.2. The van der Waals surface area contributed by atoms with Crippen molar-refractivity contribution < 1.29 is 4.74 Å². The summed E-state index contributed by atoms with van der Waals surface area (Å²) in [6.45, 7) is 2.52. The standard InChI is InChI=1S/C12H14ClIN6O/c1-2-5-21-12-18-10(17-11(19-12)20-15)16-9-4-3-7(13)6-8(9)14/h3-4,6H,2,5,15H2,1H3,(H2,16,17,18,19,20). The topological polar surface area (TPSA) is 98.0 Å². The van der Waals surface area contributed by atoms with Crippen LogP contribution in [0.2, 0.25) is 5.02 Å². The van der Waals surface area contributed by atoms with Gasteiger partial charge in [0.05, 0.1) is 12.3 Å². The zero-order valence-corrected chi connectivity index (χ0v) is 14.1. The maximum atomic E-state index is 5.93. The number of benzene rings is 1. The number of nitrogens with one attached hydrogen (secondary N) is 2. The van der Waals surface area contributed by atoms with E-state index in [1.165, 1.54) is 0 Å². The highest BCUT2D eigenvalue weighted by Crippen LogP contribution is 2.25. The maximum absolute atomic E-state index is 5.93. The molecule has 2 aromatic rings. The van der Waals surface area contributed by atoms with Crippen LogP contribution in [0.4, 0.5) is 17.6 Å². The second kappa shape index (κ2) is 7.57. The highest BCUT2D eigenvalue weighted by Gasteiger charge is 2.09. The summed E-state index contributed by atoms with van der Waals surface area (Å²) in [7, 11) is 0. The Morgan fingerprint density at radius 1 is 1.29 bits per heavy atom. The molecule has 0 spiro atoms. The first-order valence-corrected chi connectivity index (χ1v) is 7.65. The third-order valence-corrected chi connectivity index (χ3v) is 3.48. The fraction of sp³-hybridized carbons (Fsp3) is 0.250. The summed E-state index contributed by atoms with van der Waals surface area (Å²) in [5, 5.41) is 3.75. The lowest BCUT2D eigenvalue weighted by atomic mass is 10.3. The highest BCUT2D eigenvalue weighted by molar-refractivity contribution is 14.1. The van der Waals surface area contributed by atoms with Crippen LogP contribution in [0, 0.1) is 3.57 Å². The SMILES string of the molecule is CCCOc1nc(NN)nc(Nc2ccc(Cl)cc2I)n1. The summed E-state index contributed by atoms with van der Waals surface area (Å²) in [6.07, 6.45) is 0.856. The van der Waals surface area contributed by atoms with Crippen molar-refractivity contribution in [1.82, 2.24) is 15.0 Å². The Kier molecular flexibility index (Phi) is 5.76. The molecule has 4 N–H and O–H groups in total. The summed E-state index contributed by atoms with van der Waals surface area (Å²) in [4.78, 5) is 12.3. The Morgan fingerprint density at radius 3 is 2.71 bits per heavy atom. The second-order valence-corrected chi connectivity index (χ2v) is 5.61. The molecule has 7 nitrogen and oxygen atoms in total. The molecular formula is C12H14ClIN6O. The predicted octanol–water partition coefficient (Wildman–Crippen LogP) is 2.95. The van der Waals surface area contributed by atoms with Crippen LogP contribution in [-0.2, 0) is 0 Å². The van der Waals surface area contributed by atoms with Gasteiger partial charge in [-0.15, -0.1) is 0 Å². The zero-order valence-electron chi connectivity index (χ0n) is 11.2. The van der Waals surface area contributed by atoms with E-state index in [1.807, 2.05) is 19.1 Å². The lowest BCUT2D eigenvalue weighted by Gasteiger charge is -2.10. The number of hydrogen-bond acceptors (Lipinski definition) is 7. The molecule has 112 valence electrons. The number of nitrogen functional groups attached to an aromatic ring is 1. The van der Waals surface area contributed by atoms with Gasteiger partial charge in [-0.2, -0.15) is 15.0 Å². The summed E-state index contributed by atoms with van der Waals surface area (Å²) in [5.74, 6) is 5.92. The van der Waals surface area contributed by atoms with Gasteiger partial charge in [0.25, 0.3) is 0 Å². The fourth-order valence-corrected chi connectivity index (χ4v) is 2.45. The van der Waals surface area contributed by atoms with Crippen LogP contribution in [0.15, 0.2) is 18.2 Å². The van der Waals surface area contributed by atoms with Gasteiger partial charge < -0.3 is 10.1 Å². The normalized spacial score (nSPS) is 10.3. The molecule has 1 aromatic carbocycles. The van der Waals surface area contributed by atoms with Gasteiger partial charge in [-0.05, 0) is 47.2 Å². The first kappa shape index (κ1) is 16.0. The Balaban J connectivity index is 2.25. The number of hydrazine groups is 1. The van der Waals surface area contributed by atoms with Crippen molar-refractivity contribution in [3.05, 3.63) is 26.8 Å². The quantitative estimate of drug-likeness (QED) is 0.375. The second-order valence-electron chi connectivity index (χ2n) is 4.01. The van der Waals surface area contributed by atoms with Crippen molar-refractivity contribution in [1.29, 1.82) is 0 Å². The minimum absolute atomic E-state index is 0.214. The number of halogens is 2. The van der Waals surface area contributed by atoms with Gasteiger partial charge in [0.2, 0.25) is 11.9 Å². The highest BCUT2D eigenvalue weighted by atomic mass is 127. The van der Waals surface area contributed by atoms with Crippen molar-refractivity contribution in [2.45, 2.75) is 13.3 Å². The van der Waals surface area contributed by atoms with Gasteiger partial charge in [-0.25, -0.2) is 5.84 Å². The van der Waals surface area contributed by atoms with Crippen molar-refractivity contribution in [2.75, 3.05) is 17.3 Å². The Hall–Kier alpha value is -1.39. The Bertz CT molecular complexity index is 627. The van der Waals surface area contributed by atoms with Crippen LogP contribution in [0.1, 0.15) is 13.3 Å². The van der Waals surface area contributed by atoms with Gasteiger partial charge >= 0.3 is 6.01 Å². The minimum atomic E-state index is 0.214. The van der Waals surface area contributed by atoms with Crippen LogP contribution in [0.3, 0.4) is 0 Å². The summed E-state index contributed by atoms with van der Waals surface area (Å²) in [6, 6.07) is 5.67. The molecule has 0 atom stereocenters. The maximum Gasteiger partial charge on any atom is 0.323 e. The molecule has 0 aliphatic carbocycles. The Labute approximate surface area is 140 Å². The molecule has 0 bridgehead atoms. The molecule has 0 saturated carbocycles. The van der Waals surface area contributed by atoms with Crippen molar-refractivity contribution in [3.63, 3.8) is 0 Å². The van der Waals surface area contributed by atoms with Crippen LogP contribution in [-0.4, -0.2) is 21.6 Å². The first-order valence-electron chi connectivity index (χ1n) is 6.20. The van der Waals surface area contributed by atoms with E-state index in [9.17, 15) is 0 Å². The molecule has 1 aromatic heterocycles. The molecule has 0 unspecified atom stereocenters. The van der Waals surface area contributed by atoms with E-state index in [1.54, 1.807) is 6.07 Å². The predicted molar refractivity (Wildman–Crippen MR) is 90.9 cm³/mol. The largest absolute Gasteiger partial charge is 0.463 e. The monoisotopic (exact) mass is 420 g/mol. The van der Waals surface area contributed by atoms with Gasteiger partial charge in [0.15, 0.2) is 0 Å².